The van der Waals surface area contributed by atoms with Gasteiger partial charge in [-0.3, -0.25) is 4.79 Å². The minimum atomic E-state index is -0.272. The first-order valence-electron chi connectivity index (χ1n) is 9.26. The fourth-order valence-electron chi connectivity index (χ4n) is 3.16. The third kappa shape index (κ3) is 3.37. The maximum absolute atomic E-state index is 11.9. The molecule has 0 bridgehead atoms. The molecule has 1 aliphatic carbocycles. The first-order valence-corrected chi connectivity index (χ1v) is 9.26. The van der Waals surface area contributed by atoms with E-state index in [0.717, 1.165) is 16.8 Å². The van der Waals surface area contributed by atoms with Crippen molar-refractivity contribution >= 4 is 17.9 Å². The Morgan fingerprint density at radius 1 is 0.821 bits per heavy atom. The normalized spacial score (nSPS) is 12.2. The number of benzene rings is 3. The fourth-order valence-corrected chi connectivity index (χ4v) is 3.16. The van der Waals surface area contributed by atoms with Gasteiger partial charge in [-0.1, -0.05) is 74.5 Å². The summed E-state index contributed by atoms with van der Waals surface area (Å²) in [5.74, 6) is 0.0138. The van der Waals surface area contributed by atoms with Crippen LogP contribution in [0.5, 0.6) is 5.75 Å². The van der Waals surface area contributed by atoms with Crippen molar-refractivity contribution in [2.24, 2.45) is 16.1 Å². The fraction of sp³-hybridized carbons (Fsp3) is 0.125. The number of ether oxygens (including phenoxy) is 1. The second kappa shape index (κ2) is 7.61. The van der Waals surface area contributed by atoms with Crippen LogP contribution in [0.15, 0.2) is 83.0 Å². The highest BCUT2D eigenvalue weighted by molar-refractivity contribution is 6.24. The van der Waals surface area contributed by atoms with Crippen LogP contribution >= 0.6 is 0 Å². The first-order chi connectivity index (χ1) is 13.6. The van der Waals surface area contributed by atoms with Gasteiger partial charge < -0.3 is 4.74 Å². The van der Waals surface area contributed by atoms with E-state index in [2.05, 4.69) is 34.5 Å². The minimum absolute atomic E-state index is 0.197. The van der Waals surface area contributed by atoms with Crippen molar-refractivity contribution in [1.82, 2.24) is 0 Å². The predicted molar refractivity (Wildman–Crippen MR) is 112 cm³/mol. The molecule has 0 heterocycles. The molecule has 3 aromatic carbocycles. The minimum Gasteiger partial charge on any atom is -0.426 e. The summed E-state index contributed by atoms with van der Waals surface area (Å²) in [5, 5.41) is 8.81. The molecule has 0 saturated carbocycles. The first kappa shape index (κ1) is 17.9. The molecular formula is C24H20N2O2. The van der Waals surface area contributed by atoms with Gasteiger partial charge in [-0.2, -0.15) is 5.10 Å². The highest BCUT2D eigenvalue weighted by atomic mass is 16.5. The van der Waals surface area contributed by atoms with Crippen molar-refractivity contribution in [2.45, 2.75) is 13.8 Å². The van der Waals surface area contributed by atoms with Crippen molar-refractivity contribution in [3.05, 3.63) is 89.5 Å². The number of nitrogens with zero attached hydrogens (tertiary/aromatic N) is 2. The molecule has 4 nitrogen and oxygen atoms in total. The lowest BCUT2D eigenvalue weighted by Crippen LogP contribution is -2.15. The molecule has 0 unspecified atom stereocenters. The van der Waals surface area contributed by atoms with Crippen LogP contribution in [-0.2, 0) is 4.79 Å². The van der Waals surface area contributed by atoms with Gasteiger partial charge in [-0.05, 0) is 23.3 Å². The molecule has 0 atom stereocenters. The van der Waals surface area contributed by atoms with Crippen LogP contribution in [0.4, 0.5) is 0 Å². The summed E-state index contributed by atoms with van der Waals surface area (Å²) in [7, 11) is 0. The Bertz CT molecular complexity index is 1050. The highest BCUT2D eigenvalue weighted by Gasteiger charge is 2.23. The molecule has 0 aromatic heterocycles. The monoisotopic (exact) mass is 368 g/mol. The predicted octanol–water partition coefficient (Wildman–Crippen LogP) is 5.10. The summed E-state index contributed by atoms with van der Waals surface area (Å²) in [6.45, 7) is 3.61. The average Bonchev–Trinajstić information content (AvgIpc) is 3.03. The molecule has 4 heteroatoms. The molecule has 4 rings (SSSR count). The molecule has 138 valence electrons. The quantitative estimate of drug-likeness (QED) is 0.218. The van der Waals surface area contributed by atoms with E-state index in [1.165, 1.54) is 11.1 Å². The molecule has 3 aromatic rings. The van der Waals surface area contributed by atoms with Crippen LogP contribution in [0.1, 0.15) is 30.5 Å². The third-order valence-electron chi connectivity index (χ3n) is 4.61. The number of esters is 1. The zero-order valence-electron chi connectivity index (χ0n) is 15.8. The van der Waals surface area contributed by atoms with Crippen molar-refractivity contribution in [2.75, 3.05) is 0 Å². The Hall–Kier alpha value is -3.53. The van der Waals surface area contributed by atoms with E-state index < -0.39 is 0 Å². The molecule has 0 N–H and O–H groups in total. The SMILES string of the molecule is CC(C)C(=O)Oc1ccccc1/C=N/N=C1c2ccccc2-c2ccccc21. The highest BCUT2D eigenvalue weighted by Crippen LogP contribution is 2.36. The van der Waals surface area contributed by atoms with E-state index in [0.29, 0.717) is 11.3 Å². The Labute approximate surface area is 164 Å². The van der Waals surface area contributed by atoms with Gasteiger partial charge in [0.25, 0.3) is 0 Å². The van der Waals surface area contributed by atoms with Crippen LogP contribution in [0.2, 0.25) is 0 Å². The van der Waals surface area contributed by atoms with Crippen molar-refractivity contribution in [3.63, 3.8) is 0 Å². The number of carbonyl (C=O) groups is 1. The van der Waals surface area contributed by atoms with Gasteiger partial charge in [0.05, 0.1) is 12.1 Å². The second-order valence-electron chi connectivity index (χ2n) is 6.90. The summed E-state index contributed by atoms with van der Waals surface area (Å²) in [6.07, 6.45) is 1.62. The molecule has 0 amide bonds. The van der Waals surface area contributed by atoms with Crippen LogP contribution in [-0.4, -0.2) is 17.9 Å². The second-order valence-corrected chi connectivity index (χ2v) is 6.90. The zero-order chi connectivity index (χ0) is 19.5. The lowest BCUT2D eigenvalue weighted by Gasteiger charge is -2.08. The van der Waals surface area contributed by atoms with E-state index in [4.69, 9.17) is 4.74 Å². The third-order valence-corrected chi connectivity index (χ3v) is 4.61. The van der Waals surface area contributed by atoms with Crippen LogP contribution < -0.4 is 4.74 Å². The molecule has 1 aliphatic rings. The van der Waals surface area contributed by atoms with Crippen LogP contribution in [0, 0.1) is 5.92 Å². The Kier molecular flexibility index (Phi) is 4.85. The van der Waals surface area contributed by atoms with Crippen LogP contribution in [0.3, 0.4) is 0 Å². The molecule has 0 saturated heterocycles. The van der Waals surface area contributed by atoms with Gasteiger partial charge in [0, 0.05) is 16.7 Å². The Morgan fingerprint density at radius 2 is 1.36 bits per heavy atom. The van der Waals surface area contributed by atoms with Gasteiger partial charge in [0.15, 0.2) is 0 Å². The smallest absolute Gasteiger partial charge is 0.313 e. The van der Waals surface area contributed by atoms with Gasteiger partial charge >= 0.3 is 5.97 Å². The lowest BCUT2D eigenvalue weighted by molar-refractivity contribution is -0.137. The molecule has 0 aliphatic heterocycles. The summed E-state index contributed by atoms with van der Waals surface area (Å²) in [5.41, 5.74) is 6.02. The van der Waals surface area contributed by atoms with Gasteiger partial charge in [-0.25, -0.2) is 0 Å². The number of hydrogen-bond acceptors (Lipinski definition) is 4. The number of rotatable bonds is 4. The number of hydrogen-bond donors (Lipinski definition) is 0. The van der Waals surface area contributed by atoms with Crippen LogP contribution in [0.25, 0.3) is 11.1 Å². The number of carbonyl (C=O) groups excluding carboxylic acids is 1. The maximum Gasteiger partial charge on any atom is 0.313 e. The molecule has 0 spiro atoms. The summed E-state index contributed by atoms with van der Waals surface area (Å²) >= 11 is 0. The number of fused-ring (bicyclic) bond motifs is 3. The Balaban J connectivity index is 1.67. The van der Waals surface area contributed by atoms with E-state index >= 15 is 0 Å². The van der Waals surface area contributed by atoms with E-state index in [1.807, 2.05) is 42.5 Å². The molecule has 0 fully saturated rings. The number of para-hydroxylation sites is 1. The zero-order valence-corrected chi connectivity index (χ0v) is 15.8. The van der Waals surface area contributed by atoms with Crippen molar-refractivity contribution in [3.8, 4) is 16.9 Å². The van der Waals surface area contributed by atoms with Gasteiger partial charge in [0.2, 0.25) is 0 Å². The largest absolute Gasteiger partial charge is 0.426 e. The molecule has 28 heavy (non-hydrogen) atoms. The molecular weight excluding hydrogens is 348 g/mol. The topological polar surface area (TPSA) is 51.0 Å². The average molecular weight is 368 g/mol. The van der Waals surface area contributed by atoms with Gasteiger partial charge in [-0.15, -0.1) is 5.10 Å². The standard InChI is InChI=1S/C24H20N2O2/c1-16(2)24(27)28-22-14-8-3-9-17(22)15-25-26-23-20-12-6-4-10-18(20)19-11-5-7-13-21(19)23/h3-16H,1-2H3/b25-15+. The lowest BCUT2D eigenvalue weighted by atomic mass is 10.1. The van der Waals surface area contributed by atoms with Crippen molar-refractivity contribution < 1.29 is 9.53 Å². The summed E-state index contributed by atoms with van der Waals surface area (Å²) in [6, 6.07) is 23.7. The Morgan fingerprint density at radius 3 is 1.96 bits per heavy atom. The van der Waals surface area contributed by atoms with E-state index in [-0.39, 0.29) is 11.9 Å². The van der Waals surface area contributed by atoms with Crippen molar-refractivity contribution in [1.29, 1.82) is 0 Å². The van der Waals surface area contributed by atoms with E-state index in [9.17, 15) is 4.79 Å². The van der Waals surface area contributed by atoms with E-state index in [1.54, 1.807) is 26.1 Å². The maximum atomic E-state index is 11.9. The molecule has 0 radical (unpaired) electrons. The van der Waals surface area contributed by atoms with Gasteiger partial charge in [0.1, 0.15) is 11.5 Å². The summed E-state index contributed by atoms with van der Waals surface area (Å²) < 4.78 is 5.46. The summed E-state index contributed by atoms with van der Waals surface area (Å²) in [4.78, 5) is 11.9.